The van der Waals surface area contributed by atoms with Gasteiger partial charge in [0.2, 0.25) is 0 Å². The summed E-state index contributed by atoms with van der Waals surface area (Å²) in [5.41, 5.74) is 2.83. The Kier molecular flexibility index (Phi) is 8.05. The Morgan fingerprint density at radius 2 is 1.78 bits per heavy atom. The highest BCUT2D eigenvalue weighted by atomic mass is 16.5. The highest BCUT2D eigenvalue weighted by Crippen LogP contribution is 2.32. The first-order chi connectivity index (χ1) is 15.5. The maximum atomic E-state index is 13.0. The molecule has 32 heavy (non-hydrogen) atoms. The van der Waals surface area contributed by atoms with E-state index in [-0.39, 0.29) is 17.7 Å². The molecule has 1 aliphatic heterocycles. The molecule has 2 aromatic rings. The van der Waals surface area contributed by atoms with E-state index in [1.54, 1.807) is 39.5 Å². The lowest BCUT2D eigenvalue weighted by Crippen LogP contribution is -2.38. The molecule has 8 nitrogen and oxygen atoms in total. The summed E-state index contributed by atoms with van der Waals surface area (Å²) in [4.78, 5) is 32.2. The zero-order valence-corrected chi connectivity index (χ0v) is 19.1. The fourth-order valence-corrected chi connectivity index (χ4v) is 3.95. The number of carbonyl (C=O) groups excluding carboxylic acids is 2. The van der Waals surface area contributed by atoms with Crippen molar-refractivity contribution in [3.05, 3.63) is 52.8 Å². The lowest BCUT2D eigenvalue weighted by Gasteiger charge is -2.32. The van der Waals surface area contributed by atoms with Crippen molar-refractivity contribution in [3.8, 4) is 11.5 Å². The van der Waals surface area contributed by atoms with E-state index in [1.807, 2.05) is 24.0 Å². The van der Waals surface area contributed by atoms with Gasteiger partial charge in [-0.15, -0.1) is 0 Å². The van der Waals surface area contributed by atoms with Crippen LogP contribution < -0.4 is 14.8 Å². The van der Waals surface area contributed by atoms with Crippen LogP contribution in [0.2, 0.25) is 0 Å². The van der Waals surface area contributed by atoms with Gasteiger partial charge in [0, 0.05) is 43.9 Å². The summed E-state index contributed by atoms with van der Waals surface area (Å²) in [6.07, 6.45) is 1.49. The number of aromatic nitrogens is 1. The van der Waals surface area contributed by atoms with Crippen molar-refractivity contribution in [2.45, 2.75) is 25.7 Å². The molecule has 0 aliphatic carbocycles. The number of likely N-dealkylation sites (tertiary alicyclic amines) is 1. The first-order valence-corrected chi connectivity index (χ1v) is 10.7. The Morgan fingerprint density at radius 1 is 1.06 bits per heavy atom. The van der Waals surface area contributed by atoms with E-state index < -0.39 is 0 Å². The predicted molar refractivity (Wildman–Crippen MR) is 121 cm³/mol. The monoisotopic (exact) mass is 441 g/mol. The highest BCUT2D eigenvalue weighted by molar-refractivity contribution is 5.96. The van der Waals surface area contributed by atoms with Gasteiger partial charge < -0.3 is 24.4 Å². The maximum Gasteiger partial charge on any atom is 0.253 e. The second-order valence-corrected chi connectivity index (χ2v) is 7.77. The molecular weight excluding hydrogens is 410 g/mol. The van der Waals surface area contributed by atoms with Gasteiger partial charge in [0.25, 0.3) is 11.8 Å². The third-order valence-electron chi connectivity index (χ3n) is 5.70. The van der Waals surface area contributed by atoms with Crippen molar-refractivity contribution >= 4 is 11.8 Å². The number of amides is 2. The van der Waals surface area contributed by atoms with Crippen molar-refractivity contribution < 1.29 is 23.8 Å². The van der Waals surface area contributed by atoms with Crippen molar-refractivity contribution in [1.82, 2.24) is 15.2 Å². The van der Waals surface area contributed by atoms with Crippen LogP contribution in [0.1, 0.15) is 50.9 Å². The van der Waals surface area contributed by atoms with Crippen molar-refractivity contribution in [1.29, 1.82) is 0 Å². The molecule has 172 valence electrons. The second-order valence-electron chi connectivity index (χ2n) is 7.77. The minimum Gasteiger partial charge on any atom is -0.493 e. The number of ether oxygens (including phenoxy) is 3. The first-order valence-electron chi connectivity index (χ1n) is 10.7. The van der Waals surface area contributed by atoms with E-state index in [4.69, 9.17) is 14.2 Å². The summed E-state index contributed by atoms with van der Waals surface area (Å²) < 4.78 is 15.6. The van der Waals surface area contributed by atoms with Crippen LogP contribution in [-0.4, -0.2) is 69.3 Å². The minimum absolute atomic E-state index is 0.0425. The van der Waals surface area contributed by atoms with Gasteiger partial charge in [-0.25, -0.2) is 0 Å². The van der Waals surface area contributed by atoms with Crippen LogP contribution in [-0.2, 0) is 4.74 Å². The average molecular weight is 442 g/mol. The van der Waals surface area contributed by atoms with Gasteiger partial charge in [-0.2, -0.15) is 0 Å². The van der Waals surface area contributed by atoms with E-state index in [9.17, 15) is 9.59 Å². The standard InChI is InChI=1S/C24H31N3O5/c1-16-5-7-19(23(28)25-11-14-30-2)22(26-16)17-9-12-27(13-10-17)24(29)18-6-8-20(31-3)21(15-18)32-4/h5-8,15,17H,9-14H2,1-4H3,(H,25,28). The molecule has 1 aromatic heterocycles. The fraction of sp³-hybridized carbons (Fsp3) is 0.458. The molecule has 1 saturated heterocycles. The molecule has 0 radical (unpaired) electrons. The quantitative estimate of drug-likeness (QED) is 0.634. The molecular formula is C24H31N3O5. The molecule has 2 heterocycles. The number of nitrogens with one attached hydrogen (secondary N) is 1. The summed E-state index contributed by atoms with van der Waals surface area (Å²) in [6, 6.07) is 8.88. The first kappa shape index (κ1) is 23.5. The number of pyridine rings is 1. The molecule has 0 unspecified atom stereocenters. The molecule has 0 saturated carbocycles. The van der Waals surface area contributed by atoms with Crippen LogP contribution >= 0.6 is 0 Å². The Bertz CT molecular complexity index is 955. The molecule has 1 aromatic carbocycles. The van der Waals surface area contributed by atoms with Crippen LogP contribution in [0.3, 0.4) is 0 Å². The minimum atomic E-state index is -0.145. The maximum absolute atomic E-state index is 13.0. The number of benzene rings is 1. The van der Waals surface area contributed by atoms with Crippen molar-refractivity contribution in [2.75, 3.05) is 47.6 Å². The van der Waals surface area contributed by atoms with Crippen LogP contribution in [0.4, 0.5) is 0 Å². The van der Waals surface area contributed by atoms with Crippen LogP contribution in [0, 0.1) is 6.92 Å². The van der Waals surface area contributed by atoms with Crippen LogP contribution in [0.15, 0.2) is 30.3 Å². The van der Waals surface area contributed by atoms with Gasteiger partial charge >= 0.3 is 0 Å². The number of hydrogen-bond acceptors (Lipinski definition) is 6. The number of carbonyl (C=O) groups is 2. The normalized spacial score (nSPS) is 14.2. The summed E-state index contributed by atoms with van der Waals surface area (Å²) in [7, 11) is 4.72. The average Bonchev–Trinajstić information content (AvgIpc) is 2.83. The van der Waals surface area contributed by atoms with E-state index in [0.29, 0.717) is 48.9 Å². The Labute approximate surface area is 188 Å². The number of methoxy groups -OCH3 is 3. The van der Waals surface area contributed by atoms with Crippen LogP contribution in [0.5, 0.6) is 11.5 Å². The van der Waals surface area contributed by atoms with Crippen molar-refractivity contribution in [3.63, 3.8) is 0 Å². The number of hydrogen-bond donors (Lipinski definition) is 1. The number of rotatable bonds is 8. The largest absolute Gasteiger partial charge is 0.493 e. The smallest absolute Gasteiger partial charge is 0.253 e. The summed E-state index contributed by atoms with van der Waals surface area (Å²) in [6.45, 7) is 4.01. The van der Waals surface area contributed by atoms with Gasteiger partial charge in [0.05, 0.1) is 32.1 Å². The van der Waals surface area contributed by atoms with E-state index in [1.165, 1.54) is 0 Å². The summed E-state index contributed by atoms with van der Waals surface area (Å²) in [5, 5.41) is 2.88. The van der Waals surface area contributed by atoms with E-state index in [2.05, 4.69) is 10.3 Å². The Balaban J connectivity index is 1.70. The molecule has 0 spiro atoms. The van der Waals surface area contributed by atoms with Crippen LogP contribution in [0.25, 0.3) is 0 Å². The lowest BCUT2D eigenvalue weighted by atomic mass is 9.89. The Morgan fingerprint density at radius 3 is 2.44 bits per heavy atom. The van der Waals surface area contributed by atoms with Gasteiger partial charge in [-0.3, -0.25) is 14.6 Å². The third-order valence-corrected chi connectivity index (χ3v) is 5.70. The van der Waals surface area contributed by atoms with Gasteiger partial charge in [-0.1, -0.05) is 0 Å². The third kappa shape index (κ3) is 5.37. The number of aryl methyl sites for hydroxylation is 1. The summed E-state index contributed by atoms with van der Waals surface area (Å²) >= 11 is 0. The van der Waals surface area contributed by atoms with Crippen molar-refractivity contribution in [2.24, 2.45) is 0 Å². The second kappa shape index (κ2) is 10.9. The van der Waals surface area contributed by atoms with E-state index >= 15 is 0 Å². The topological polar surface area (TPSA) is 90.0 Å². The fourth-order valence-electron chi connectivity index (χ4n) is 3.95. The SMILES string of the molecule is COCCNC(=O)c1ccc(C)nc1C1CCN(C(=O)c2ccc(OC)c(OC)c2)CC1. The number of piperidine rings is 1. The van der Waals surface area contributed by atoms with Gasteiger partial charge in [-0.05, 0) is 50.1 Å². The molecule has 1 fully saturated rings. The molecule has 2 amide bonds. The highest BCUT2D eigenvalue weighted by Gasteiger charge is 2.28. The zero-order chi connectivity index (χ0) is 23.1. The lowest BCUT2D eigenvalue weighted by molar-refractivity contribution is 0.0710. The molecule has 1 N–H and O–H groups in total. The molecule has 1 aliphatic rings. The van der Waals surface area contributed by atoms with E-state index in [0.717, 1.165) is 24.2 Å². The molecule has 0 bridgehead atoms. The zero-order valence-electron chi connectivity index (χ0n) is 19.1. The molecule has 3 rings (SSSR count). The van der Waals surface area contributed by atoms with Gasteiger partial charge in [0.1, 0.15) is 0 Å². The number of nitrogens with zero attached hydrogens (tertiary/aromatic N) is 2. The Hall–Kier alpha value is -3.13. The van der Waals surface area contributed by atoms with Gasteiger partial charge in [0.15, 0.2) is 11.5 Å². The molecule has 0 atom stereocenters. The molecule has 8 heteroatoms. The summed E-state index contributed by atoms with van der Waals surface area (Å²) in [5.74, 6) is 1.05. The predicted octanol–water partition coefficient (Wildman–Crippen LogP) is 2.80.